The Morgan fingerprint density at radius 3 is 2.54 bits per heavy atom. The number of aliphatic hydroxyl groups excluding tert-OH is 2. The fourth-order valence-corrected chi connectivity index (χ4v) is 0.955. The highest BCUT2D eigenvalue weighted by molar-refractivity contribution is 5.82. The van der Waals surface area contributed by atoms with Crippen LogP contribution < -0.4 is 11.1 Å². The molecule has 0 aromatic rings. The molecular formula is C7H14N2O4. The van der Waals surface area contributed by atoms with Crippen LogP contribution in [0, 0.1) is 5.92 Å². The van der Waals surface area contributed by atoms with E-state index in [0.29, 0.717) is 6.41 Å². The Labute approximate surface area is 75.7 Å². The number of nitrogens with two attached hydrogens (primary N) is 1. The van der Waals surface area contributed by atoms with Crippen molar-refractivity contribution in [1.29, 1.82) is 0 Å². The van der Waals surface area contributed by atoms with Gasteiger partial charge in [0.15, 0.2) is 0 Å². The monoisotopic (exact) mass is 190 g/mol. The van der Waals surface area contributed by atoms with E-state index in [0.717, 1.165) is 0 Å². The van der Waals surface area contributed by atoms with Crippen LogP contribution in [0.5, 0.6) is 0 Å². The lowest BCUT2D eigenvalue weighted by Gasteiger charge is -2.23. The van der Waals surface area contributed by atoms with Gasteiger partial charge in [-0.05, 0) is 0 Å². The van der Waals surface area contributed by atoms with Gasteiger partial charge in [0.1, 0.15) is 6.04 Å². The summed E-state index contributed by atoms with van der Waals surface area (Å²) < 4.78 is 0. The highest BCUT2D eigenvalue weighted by atomic mass is 16.3. The van der Waals surface area contributed by atoms with Crippen LogP contribution in [0.25, 0.3) is 0 Å². The molecule has 6 heteroatoms. The molecule has 0 aromatic heterocycles. The zero-order valence-electron chi connectivity index (χ0n) is 7.30. The molecule has 0 unspecified atom stereocenters. The van der Waals surface area contributed by atoms with E-state index in [2.05, 4.69) is 5.32 Å². The number of rotatable bonds is 6. The van der Waals surface area contributed by atoms with Gasteiger partial charge in [-0.1, -0.05) is 6.92 Å². The average Bonchev–Trinajstić information content (AvgIpc) is 2.11. The van der Waals surface area contributed by atoms with E-state index in [1.165, 1.54) is 6.92 Å². The summed E-state index contributed by atoms with van der Waals surface area (Å²) in [5, 5.41) is 19.9. The van der Waals surface area contributed by atoms with E-state index in [1.54, 1.807) is 0 Å². The second-order valence-electron chi connectivity index (χ2n) is 2.77. The maximum atomic E-state index is 10.8. The SMILES string of the molecule is C[C@H]([C@H](NC=O)C(N)=O)[C@@H](O)CO. The zero-order chi connectivity index (χ0) is 10.4. The lowest BCUT2D eigenvalue weighted by atomic mass is 9.96. The van der Waals surface area contributed by atoms with Crippen molar-refractivity contribution >= 4 is 12.3 Å². The summed E-state index contributed by atoms with van der Waals surface area (Å²) in [5.74, 6) is -1.36. The molecule has 76 valence electrons. The van der Waals surface area contributed by atoms with Crippen LogP contribution >= 0.6 is 0 Å². The fraction of sp³-hybridized carbons (Fsp3) is 0.714. The molecule has 0 heterocycles. The first-order valence-electron chi connectivity index (χ1n) is 3.82. The van der Waals surface area contributed by atoms with Crippen LogP contribution in [0.1, 0.15) is 6.92 Å². The Kier molecular flexibility index (Phi) is 5.01. The Bertz CT molecular complexity index is 185. The van der Waals surface area contributed by atoms with Gasteiger partial charge in [0.2, 0.25) is 12.3 Å². The molecular weight excluding hydrogens is 176 g/mol. The largest absolute Gasteiger partial charge is 0.394 e. The highest BCUT2D eigenvalue weighted by Crippen LogP contribution is 2.07. The van der Waals surface area contributed by atoms with Crippen LogP contribution in [-0.2, 0) is 9.59 Å². The molecule has 0 rings (SSSR count). The minimum absolute atomic E-state index is 0.329. The smallest absolute Gasteiger partial charge is 0.240 e. The number of aliphatic hydroxyl groups is 2. The molecule has 0 saturated heterocycles. The first-order chi connectivity index (χ1) is 6.04. The molecule has 3 atom stereocenters. The van der Waals surface area contributed by atoms with E-state index < -0.39 is 30.6 Å². The molecule has 0 aliphatic heterocycles. The predicted molar refractivity (Wildman–Crippen MR) is 44.4 cm³/mol. The number of primary amides is 1. The second-order valence-corrected chi connectivity index (χ2v) is 2.77. The summed E-state index contributed by atoms with van der Waals surface area (Å²) in [6, 6.07) is -0.959. The number of nitrogens with one attached hydrogen (secondary N) is 1. The van der Waals surface area contributed by atoms with Crippen molar-refractivity contribution in [2.75, 3.05) is 6.61 Å². The van der Waals surface area contributed by atoms with E-state index in [1.807, 2.05) is 0 Å². The molecule has 2 amide bonds. The van der Waals surface area contributed by atoms with Crippen molar-refractivity contribution in [3.05, 3.63) is 0 Å². The minimum Gasteiger partial charge on any atom is -0.394 e. The Morgan fingerprint density at radius 2 is 2.23 bits per heavy atom. The van der Waals surface area contributed by atoms with Crippen molar-refractivity contribution in [2.24, 2.45) is 11.7 Å². The Hall–Kier alpha value is -1.14. The second kappa shape index (κ2) is 5.50. The molecule has 0 aromatic carbocycles. The number of amides is 2. The summed E-state index contributed by atoms with van der Waals surface area (Å²) in [6.07, 6.45) is -0.749. The summed E-state index contributed by atoms with van der Waals surface area (Å²) >= 11 is 0. The van der Waals surface area contributed by atoms with Gasteiger partial charge >= 0.3 is 0 Å². The van der Waals surface area contributed by atoms with Gasteiger partial charge in [0.05, 0.1) is 12.7 Å². The molecule has 0 spiro atoms. The van der Waals surface area contributed by atoms with Gasteiger partial charge in [-0.25, -0.2) is 0 Å². The maximum Gasteiger partial charge on any atom is 0.240 e. The van der Waals surface area contributed by atoms with Crippen LogP contribution in [0.4, 0.5) is 0 Å². The van der Waals surface area contributed by atoms with Gasteiger partial charge in [-0.15, -0.1) is 0 Å². The third kappa shape index (κ3) is 3.39. The summed E-state index contributed by atoms with van der Waals surface area (Å²) in [7, 11) is 0. The lowest BCUT2D eigenvalue weighted by Crippen LogP contribution is -2.49. The van der Waals surface area contributed by atoms with Crippen LogP contribution in [-0.4, -0.2) is 41.3 Å². The van der Waals surface area contributed by atoms with Crippen molar-refractivity contribution in [2.45, 2.75) is 19.1 Å². The summed E-state index contributed by atoms with van der Waals surface area (Å²) in [5.41, 5.74) is 4.96. The first kappa shape index (κ1) is 11.9. The normalized spacial score (nSPS) is 17.2. The first-order valence-corrected chi connectivity index (χ1v) is 3.82. The number of hydrogen-bond acceptors (Lipinski definition) is 4. The van der Waals surface area contributed by atoms with Gasteiger partial charge in [-0.3, -0.25) is 9.59 Å². The molecule has 0 saturated carbocycles. The van der Waals surface area contributed by atoms with Crippen LogP contribution in [0.2, 0.25) is 0 Å². The van der Waals surface area contributed by atoms with E-state index in [4.69, 9.17) is 15.9 Å². The number of carbonyl (C=O) groups excluding carboxylic acids is 2. The van der Waals surface area contributed by atoms with Crippen molar-refractivity contribution in [3.63, 3.8) is 0 Å². The molecule has 0 aliphatic rings. The van der Waals surface area contributed by atoms with Crippen LogP contribution in [0.15, 0.2) is 0 Å². The van der Waals surface area contributed by atoms with E-state index in [9.17, 15) is 9.59 Å². The summed E-state index contributed by atoms with van der Waals surface area (Å²) in [4.78, 5) is 20.8. The van der Waals surface area contributed by atoms with Gasteiger partial charge in [0.25, 0.3) is 0 Å². The standard InChI is InChI=1S/C7H14N2O4/c1-4(5(12)2-10)6(7(8)13)9-3-11/h3-6,10,12H,2H2,1H3,(H2,8,13)(H,9,11)/t4-,5-,6-/m0/s1. The molecule has 0 aliphatic carbocycles. The molecule has 0 fully saturated rings. The predicted octanol–water partition coefficient (Wildman–Crippen LogP) is -2.42. The third-order valence-corrected chi connectivity index (χ3v) is 1.87. The van der Waals surface area contributed by atoms with Crippen molar-refractivity contribution in [1.82, 2.24) is 5.32 Å². The number of carbonyl (C=O) groups is 2. The molecule has 5 N–H and O–H groups in total. The van der Waals surface area contributed by atoms with Gasteiger partial charge in [-0.2, -0.15) is 0 Å². The van der Waals surface area contributed by atoms with Gasteiger partial charge in [0, 0.05) is 5.92 Å². The maximum absolute atomic E-state index is 10.8. The average molecular weight is 190 g/mol. The van der Waals surface area contributed by atoms with Crippen molar-refractivity contribution in [3.8, 4) is 0 Å². The van der Waals surface area contributed by atoms with Gasteiger partial charge < -0.3 is 21.3 Å². The van der Waals surface area contributed by atoms with Crippen molar-refractivity contribution < 1.29 is 19.8 Å². The van der Waals surface area contributed by atoms with Crippen LogP contribution in [0.3, 0.4) is 0 Å². The fourth-order valence-electron chi connectivity index (χ4n) is 0.955. The van der Waals surface area contributed by atoms with E-state index >= 15 is 0 Å². The summed E-state index contributed by atoms with van der Waals surface area (Å²) in [6.45, 7) is 1.03. The Balaban J connectivity index is 4.34. The Morgan fingerprint density at radius 1 is 1.69 bits per heavy atom. The molecule has 6 nitrogen and oxygen atoms in total. The quantitative estimate of drug-likeness (QED) is 0.349. The minimum atomic E-state index is -1.08. The highest BCUT2D eigenvalue weighted by Gasteiger charge is 2.27. The van der Waals surface area contributed by atoms with E-state index in [-0.39, 0.29) is 0 Å². The number of hydrogen-bond donors (Lipinski definition) is 4. The molecule has 13 heavy (non-hydrogen) atoms. The zero-order valence-corrected chi connectivity index (χ0v) is 7.30. The molecule has 0 radical (unpaired) electrons. The topological polar surface area (TPSA) is 113 Å². The third-order valence-electron chi connectivity index (χ3n) is 1.87. The molecule has 0 bridgehead atoms. The lowest BCUT2D eigenvalue weighted by molar-refractivity contribution is -0.125.